The van der Waals surface area contributed by atoms with Crippen LogP contribution in [0.4, 0.5) is 13.2 Å². The average molecular weight is 304 g/mol. The number of halogens is 3. The van der Waals surface area contributed by atoms with E-state index in [1.165, 1.54) is 43.2 Å². The van der Waals surface area contributed by atoms with Gasteiger partial charge in [-0.2, -0.15) is 13.2 Å². The summed E-state index contributed by atoms with van der Waals surface area (Å²) in [5, 5.41) is 2.05. The van der Waals surface area contributed by atoms with E-state index < -0.39 is 24.2 Å². The quantitative estimate of drug-likeness (QED) is 0.908. The monoisotopic (exact) mass is 304 g/mol. The summed E-state index contributed by atoms with van der Waals surface area (Å²) < 4.78 is 44.4. The summed E-state index contributed by atoms with van der Waals surface area (Å²) >= 11 is 0. The lowest BCUT2D eigenvalue weighted by atomic mass is 10.1. The van der Waals surface area contributed by atoms with Crippen molar-refractivity contribution in [1.29, 1.82) is 0 Å². The van der Waals surface area contributed by atoms with Gasteiger partial charge in [-0.25, -0.2) is 0 Å². The summed E-state index contributed by atoms with van der Waals surface area (Å²) in [5.74, 6) is -0.231. The summed E-state index contributed by atoms with van der Waals surface area (Å²) in [6, 6.07) is 2.73. The van der Waals surface area contributed by atoms with Crippen molar-refractivity contribution >= 4 is 5.91 Å². The van der Waals surface area contributed by atoms with Crippen LogP contribution in [0, 0.1) is 0 Å². The van der Waals surface area contributed by atoms with E-state index >= 15 is 0 Å². The lowest BCUT2D eigenvalue weighted by Crippen LogP contribution is -2.46. The van der Waals surface area contributed by atoms with E-state index in [-0.39, 0.29) is 5.56 Å². The second kappa shape index (κ2) is 6.80. The number of amides is 1. The van der Waals surface area contributed by atoms with Crippen LogP contribution >= 0.6 is 0 Å². The highest BCUT2D eigenvalue weighted by molar-refractivity contribution is 5.81. The molecule has 0 aliphatic carbocycles. The lowest BCUT2D eigenvalue weighted by molar-refractivity contribution is -0.164. The van der Waals surface area contributed by atoms with Crippen molar-refractivity contribution in [1.82, 2.24) is 10.2 Å². The maximum atomic E-state index is 13.2. The van der Waals surface area contributed by atoms with Gasteiger partial charge in [-0.3, -0.25) is 9.69 Å². The van der Waals surface area contributed by atoms with E-state index in [1.807, 2.05) is 5.32 Å². The molecule has 118 valence electrons. The molecule has 21 heavy (non-hydrogen) atoms. The Labute approximate surface area is 121 Å². The number of likely N-dealkylation sites (N-methyl/N-ethyl adjacent to an activating group) is 1. The fraction of sp³-hybridized carbons (Fsp3) is 0.500. The van der Waals surface area contributed by atoms with Crippen LogP contribution in [0.3, 0.4) is 0 Å². The predicted molar refractivity (Wildman–Crippen MR) is 73.1 cm³/mol. The first-order valence-electron chi connectivity index (χ1n) is 6.34. The number of hydrogen-bond donors (Lipinski definition) is 1. The third-order valence-corrected chi connectivity index (χ3v) is 3.22. The molecule has 1 amide bonds. The Bertz CT molecular complexity index is 472. The average Bonchev–Trinajstić information content (AvgIpc) is 2.42. The van der Waals surface area contributed by atoms with Crippen molar-refractivity contribution in [3.05, 3.63) is 29.8 Å². The van der Waals surface area contributed by atoms with Crippen LogP contribution in [-0.2, 0) is 4.79 Å². The number of hydrogen-bond acceptors (Lipinski definition) is 3. The van der Waals surface area contributed by atoms with Crippen LogP contribution in [0.5, 0.6) is 5.75 Å². The van der Waals surface area contributed by atoms with Crippen molar-refractivity contribution < 1.29 is 22.7 Å². The highest BCUT2D eigenvalue weighted by Crippen LogP contribution is 2.33. The summed E-state index contributed by atoms with van der Waals surface area (Å²) in [4.78, 5) is 13.4. The van der Waals surface area contributed by atoms with Crippen molar-refractivity contribution in [2.24, 2.45) is 0 Å². The molecule has 1 aromatic rings. The zero-order valence-electron chi connectivity index (χ0n) is 12.4. The molecule has 1 N–H and O–H groups in total. The SMILES string of the molecule is COc1ccc([C@H](NC(=O)[C@H](C)N(C)C)C(F)(F)F)cc1. The van der Waals surface area contributed by atoms with E-state index in [0.717, 1.165) is 0 Å². The maximum absolute atomic E-state index is 13.2. The lowest BCUT2D eigenvalue weighted by Gasteiger charge is -2.26. The highest BCUT2D eigenvalue weighted by atomic mass is 19.4. The number of carbonyl (C=O) groups excluding carboxylic acids is 1. The molecule has 0 bridgehead atoms. The Morgan fingerprint density at radius 2 is 1.76 bits per heavy atom. The Hall–Kier alpha value is -1.76. The molecule has 0 saturated carbocycles. The van der Waals surface area contributed by atoms with Crippen LogP contribution in [0.25, 0.3) is 0 Å². The van der Waals surface area contributed by atoms with Crippen molar-refractivity contribution in [2.75, 3.05) is 21.2 Å². The van der Waals surface area contributed by atoms with Gasteiger partial charge in [0.2, 0.25) is 5.91 Å². The first-order chi connectivity index (χ1) is 9.66. The number of ether oxygens (including phenoxy) is 1. The number of carbonyl (C=O) groups is 1. The largest absolute Gasteiger partial charge is 0.497 e. The summed E-state index contributed by atoms with van der Waals surface area (Å²) in [6.45, 7) is 1.54. The minimum atomic E-state index is -4.57. The molecule has 4 nitrogen and oxygen atoms in total. The number of nitrogens with zero attached hydrogens (tertiary/aromatic N) is 1. The molecule has 0 spiro atoms. The van der Waals surface area contributed by atoms with Crippen LogP contribution in [0.15, 0.2) is 24.3 Å². The number of methoxy groups -OCH3 is 1. The first-order valence-corrected chi connectivity index (χ1v) is 6.34. The summed E-state index contributed by atoms with van der Waals surface area (Å²) in [6.07, 6.45) is -4.57. The van der Waals surface area contributed by atoms with Gasteiger partial charge in [-0.05, 0) is 38.7 Å². The van der Waals surface area contributed by atoms with E-state index in [1.54, 1.807) is 14.1 Å². The van der Waals surface area contributed by atoms with Crippen LogP contribution < -0.4 is 10.1 Å². The normalized spacial score (nSPS) is 14.7. The zero-order chi connectivity index (χ0) is 16.2. The topological polar surface area (TPSA) is 41.6 Å². The van der Waals surface area contributed by atoms with Crippen molar-refractivity contribution in [3.8, 4) is 5.75 Å². The highest BCUT2D eigenvalue weighted by Gasteiger charge is 2.42. The molecular weight excluding hydrogens is 285 g/mol. The van der Waals surface area contributed by atoms with E-state index in [2.05, 4.69) is 0 Å². The molecular formula is C14H19F3N2O2. The van der Waals surface area contributed by atoms with Crippen molar-refractivity contribution in [2.45, 2.75) is 25.2 Å². The number of benzene rings is 1. The molecule has 0 radical (unpaired) electrons. The summed E-state index contributed by atoms with van der Waals surface area (Å²) in [5.41, 5.74) is -0.0393. The Morgan fingerprint density at radius 1 is 1.24 bits per heavy atom. The third-order valence-electron chi connectivity index (χ3n) is 3.22. The third kappa shape index (κ3) is 4.63. The van der Waals surface area contributed by atoms with Gasteiger partial charge < -0.3 is 10.1 Å². The van der Waals surface area contributed by atoms with Gasteiger partial charge in [0.05, 0.1) is 13.2 Å². The molecule has 0 fully saturated rings. The maximum Gasteiger partial charge on any atom is 0.412 e. The minimum Gasteiger partial charge on any atom is -0.497 e. The van der Waals surface area contributed by atoms with Gasteiger partial charge in [0.25, 0.3) is 0 Å². The Morgan fingerprint density at radius 3 is 2.14 bits per heavy atom. The number of rotatable bonds is 5. The molecule has 0 aliphatic rings. The smallest absolute Gasteiger partial charge is 0.412 e. The van der Waals surface area contributed by atoms with Gasteiger partial charge in [0, 0.05) is 0 Å². The predicted octanol–water partition coefficient (Wildman–Crippen LogP) is 2.36. The van der Waals surface area contributed by atoms with E-state index in [9.17, 15) is 18.0 Å². The molecule has 0 aromatic heterocycles. The molecule has 0 unspecified atom stereocenters. The van der Waals surface area contributed by atoms with Crippen molar-refractivity contribution in [3.63, 3.8) is 0 Å². The van der Waals surface area contributed by atoms with Crippen LogP contribution in [-0.4, -0.2) is 44.2 Å². The Kier molecular flexibility index (Phi) is 5.60. The Balaban J connectivity index is 2.98. The van der Waals surface area contributed by atoms with Gasteiger partial charge >= 0.3 is 6.18 Å². The number of nitrogens with one attached hydrogen (secondary N) is 1. The van der Waals surface area contributed by atoms with Gasteiger partial charge in [0.15, 0.2) is 6.04 Å². The summed E-state index contributed by atoms with van der Waals surface area (Å²) in [7, 11) is 4.68. The molecule has 1 rings (SSSR count). The van der Waals surface area contributed by atoms with Gasteiger partial charge in [-0.15, -0.1) is 0 Å². The second-order valence-electron chi connectivity index (χ2n) is 4.90. The van der Waals surface area contributed by atoms with Crippen LogP contribution in [0.2, 0.25) is 0 Å². The molecule has 2 atom stereocenters. The van der Waals surface area contributed by atoms with Gasteiger partial charge in [0.1, 0.15) is 5.75 Å². The molecule has 0 saturated heterocycles. The fourth-order valence-corrected chi connectivity index (χ4v) is 1.65. The van der Waals surface area contributed by atoms with E-state index in [4.69, 9.17) is 4.74 Å². The number of alkyl halides is 3. The fourth-order valence-electron chi connectivity index (χ4n) is 1.65. The van der Waals surface area contributed by atoms with Gasteiger partial charge in [-0.1, -0.05) is 12.1 Å². The first kappa shape index (κ1) is 17.3. The second-order valence-corrected chi connectivity index (χ2v) is 4.90. The molecule has 0 aliphatic heterocycles. The molecule has 1 aromatic carbocycles. The van der Waals surface area contributed by atoms with E-state index in [0.29, 0.717) is 5.75 Å². The molecule has 0 heterocycles. The standard InChI is InChI=1S/C14H19F3N2O2/c1-9(19(2)3)13(20)18-12(14(15,16)17)10-5-7-11(21-4)8-6-10/h5-9,12H,1-4H3,(H,18,20)/t9-,12-/m0/s1. The van der Waals surface area contributed by atoms with Crippen LogP contribution in [0.1, 0.15) is 18.5 Å². The molecule has 7 heteroatoms. The zero-order valence-corrected chi connectivity index (χ0v) is 12.4. The minimum absolute atomic E-state index is 0.0393.